The molecule has 4 heteroatoms. The van der Waals surface area contributed by atoms with Crippen molar-refractivity contribution < 1.29 is 9.59 Å². The molecule has 0 aromatic heterocycles. The van der Waals surface area contributed by atoms with Gasteiger partial charge >= 0.3 is 0 Å². The molecule has 0 saturated heterocycles. The van der Waals surface area contributed by atoms with Crippen LogP contribution < -0.4 is 10.6 Å². The molecule has 1 rings (SSSR count). The second-order valence-electron chi connectivity index (χ2n) is 6.62. The van der Waals surface area contributed by atoms with Gasteiger partial charge in [-0.2, -0.15) is 0 Å². The van der Waals surface area contributed by atoms with E-state index in [1.165, 1.54) is 38.5 Å². The van der Waals surface area contributed by atoms with E-state index in [1.54, 1.807) is 0 Å². The number of rotatable bonds is 10. The third-order valence-corrected chi connectivity index (χ3v) is 4.68. The molecule has 0 bridgehead atoms. The Bertz CT molecular complexity index is 325. The minimum atomic E-state index is 0.00810. The van der Waals surface area contributed by atoms with E-state index >= 15 is 0 Å². The van der Waals surface area contributed by atoms with Crippen molar-refractivity contribution in [3.05, 3.63) is 0 Å². The number of carbonyl (C=O) groups is 2. The van der Waals surface area contributed by atoms with Crippen LogP contribution in [0.25, 0.3) is 0 Å². The van der Waals surface area contributed by atoms with Crippen molar-refractivity contribution in [2.75, 3.05) is 6.54 Å². The molecule has 128 valence electrons. The Morgan fingerprint density at radius 1 is 1.05 bits per heavy atom. The van der Waals surface area contributed by atoms with Crippen molar-refractivity contribution >= 4 is 11.8 Å². The highest BCUT2D eigenvalue weighted by Gasteiger charge is 2.16. The first-order valence-corrected chi connectivity index (χ1v) is 9.21. The van der Waals surface area contributed by atoms with Gasteiger partial charge in [-0.05, 0) is 25.2 Å². The predicted molar refractivity (Wildman–Crippen MR) is 90.6 cm³/mol. The standard InChI is InChI=1S/C18H34N2O2/c1-3-5-9-15(4-2)14-19-17(21)12-13-18(22)20-16-10-7-6-8-11-16/h15-16H,3-14H2,1-2H3,(H,19,21)(H,20,22)/t15-/m1/s1. The number of hydrogen-bond acceptors (Lipinski definition) is 2. The molecule has 0 radical (unpaired) electrons. The minimum Gasteiger partial charge on any atom is -0.356 e. The summed E-state index contributed by atoms with van der Waals surface area (Å²) in [6.45, 7) is 5.11. The Hall–Kier alpha value is -1.06. The first kappa shape index (κ1) is 19.0. The number of nitrogens with one attached hydrogen (secondary N) is 2. The molecule has 4 nitrogen and oxygen atoms in total. The molecular formula is C18H34N2O2. The Kier molecular flexibility index (Phi) is 9.93. The lowest BCUT2D eigenvalue weighted by Gasteiger charge is -2.22. The zero-order valence-corrected chi connectivity index (χ0v) is 14.5. The van der Waals surface area contributed by atoms with Crippen LogP contribution in [-0.2, 0) is 9.59 Å². The van der Waals surface area contributed by atoms with Crippen molar-refractivity contribution in [3.63, 3.8) is 0 Å². The quantitative estimate of drug-likeness (QED) is 0.648. The van der Waals surface area contributed by atoms with Crippen LogP contribution >= 0.6 is 0 Å². The van der Waals surface area contributed by atoms with Crippen LogP contribution in [0.1, 0.15) is 84.5 Å². The Morgan fingerprint density at radius 2 is 1.73 bits per heavy atom. The number of unbranched alkanes of at least 4 members (excludes halogenated alkanes) is 1. The van der Waals surface area contributed by atoms with Gasteiger partial charge in [0.05, 0.1) is 0 Å². The van der Waals surface area contributed by atoms with E-state index in [9.17, 15) is 9.59 Å². The van der Waals surface area contributed by atoms with Crippen LogP contribution in [0.3, 0.4) is 0 Å². The van der Waals surface area contributed by atoms with Gasteiger partial charge in [0.15, 0.2) is 0 Å². The Morgan fingerprint density at radius 3 is 2.36 bits per heavy atom. The maximum Gasteiger partial charge on any atom is 0.220 e. The largest absolute Gasteiger partial charge is 0.356 e. The van der Waals surface area contributed by atoms with Gasteiger partial charge in [0.1, 0.15) is 0 Å². The smallest absolute Gasteiger partial charge is 0.220 e. The fraction of sp³-hybridized carbons (Fsp3) is 0.889. The van der Waals surface area contributed by atoms with Gasteiger partial charge in [-0.1, -0.05) is 52.4 Å². The summed E-state index contributed by atoms with van der Waals surface area (Å²) in [5, 5.41) is 6.04. The summed E-state index contributed by atoms with van der Waals surface area (Å²) in [6, 6.07) is 0.336. The first-order valence-electron chi connectivity index (χ1n) is 9.21. The molecule has 0 unspecified atom stereocenters. The molecule has 0 aromatic carbocycles. The van der Waals surface area contributed by atoms with Gasteiger partial charge in [0.25, 0.3) is 0 Å². The summed E-state index contributed by atoms with van der Waals surface area (Å²) in [4.78, 5) is 23.7. The van der Waals surface area contributed by atoms with E-state index < -0.39 is 0 Å². The highest BCUT2D eigenvalue weighted by molar-refractivity contribution is 5.83. The lowest BCUT2D eigenvalue weighted by molar-refractivity contribution is -0.127. The highest BCUT2D eigenvalue weighted by Crippen LogP contribution is 2.17. The molecule has 1 aliphatic rings. The summed E-state index contributed by atoms with van der Waals surface area (Å²) in [5.74, 6) is 0.605. The minimum absolute atomic E-state index is 0.00810. The molecule has 1 atom stereocenters. The third kappa shape index (κ3) is 8.40. The van der Waals surface area contributed by atoms with Crippen molar-refractivity contribution in [2.24, 2.45) is 5.92 Å². The lowest BCUT2D eigenvalue weighted by atomic mass is 9.95. The van der Waals surface area contributed by atoms with Crippen LogP contribution in [0.2, 0.25) is 0 Å². The summed E-state index contributed by atoms with van der Waals surface area (Å²) < 4.78 is 0. The second kappa shape index (κ2) is 11.5. The molecule has 1 fully saturated rings. The van der Waals surface area contributed by atoms with Crippen molar-refractivity contribution in [2.45, 2.75) is 90.5 Å². The van der Waals surface area contributed by atoms with Crippen LogP contribution in [0.4, 0.5) is 0 Å². The number of hydrogen-bond donors (Lipinski definition) is 2. The summed E-state index contributed by atoms with van der Waals surface area (Å²) in [6.07, 6.45) is 11.2. The average Bonchev–Trinajstić information content (AvgIpc) is 2.54. The fourth-order valence-electron chi connectivity index (χ4n) is 3.06. The molecule has 0 spiro atoms. The summed E-state index contributed by atoms with van der Waals surface area (Å²) in [5.41, 5.74) is 0. The second-order valence-corrected chi connectivity index (χ2v) is 6.62. The van der Waals surface area contributed by atoms with Gasteiger partial charge in [-0.15, -0.1) is 0 Å². The van der Waals surface area contributed by atoms with E-state index in [-0.39, 0.29) is 11.8 Å². The highest BCUT2D eigenvalue weighted by atomic mass is 16.2. The van der Waals surface area contributed by atoms with Crippen LogP contribution in [-0.4, -0.2) is 24.4 Å². The molecule has 1 saturated carbocycles. The molecule has 0 aliphatic heterocycles. The maximum atomic E-state index is 11.9. The normalized spacial score (nSPS) is 17.0. The van der Waals surface area contributed by atoms with Crippen LogP contribution in [0, 0.1) is 5.92 Å². The average molecular weight is 310 g/mol. The maximum absolute atomic E-state index is 11.9. The van der Waals surface area contributed by atoms with Crippen molar-refractivity contribution in [1.29, 1.82) is 0 Å². The molecule has 2 amide bonds. The van der Waals surface area contributed by atoms with E-state index in [0.717, 1.165) is 25.8 Å². The van der Waals surface area contributed by atoms with E-state index in [0.29, 0.717) is 24.8 Å². The Labute approximate surface area is 135 Å². The molecule has 0 heterocycles. The number of carbonyl (C=O) groups excluding carboxylic acids is 2. The Balaban J connectivity index is 2.12. The third-order valence-electron chi connectivity index (χ3n) is 4.68. The van der Waals surface area contributed by atoms with E-state index in [2.05, 4.69) is 24.5 Å². The molecule has 0 aromatic rings. The van der Waals surface area contributed by atoms with Gasteiger partial charge in [-0.3, -0.25) is 9.59 Å². The molecule has 22 heavy (non-hydrogen) atoms. The van der Waals surface area contributed by atoms with Crippen molar-refractivity contribution in [3.8, 4) is 0 Å². The monoisotopic (exact) mass is 310 g/mol. The number of amides is 2. The topological polar surface area (TPSA) is 58.2 Å². The van der Waals surface area contributed by atoms with Crippen molar-refractivity contribution in [1.82, 2.24) is 10.6 Å². The van der Waals surface area contributed by atoms with Crippen LogP contribution in [0.5, 0.6) is 0 Å². The SMILES string of the molecule is CCCC[C@@H](CC)CNC(=O)CCC(=O)NC1CCCCC1. The fourth-order valence-corrected chi connectivity index (χ4v) is 3.06. The zero-order valence-electron chi connectivity index (χ0n) is 14.5. The van der Waals surface area contributed by atoms with Gasteiger partial charge < -0.3 is 10.6 Å². The summed E-state index contributed by atoms with van der Waals surface area (Å²) >= 11 is 0. The zero-order chi connectivity index (χ0) is 16.2. The molecule has 2 N–H and O–H groups in total. The molecular weight excluding hydrogens is 276 g/mol. The van der Waals surface area contributed by atoms with Crippen LogP contribution in [0.15, 0.2) is 0 Å². The lowest BCUT2D eigenvalue weighted by Crippen LogP contribution is -2.37. The van der Waals surface area contributed by atoms with Gasteiger partial charge in [0.2, 0.25) is 11.8 Å². The van der Waals surface area contributed by atoms with E-state index in [1.807, 2.05) is 0 Å². The predicted octanol–water partition coefficient (Wildman–Crippen LogP) is 3.55. The van der Waals surface area contributed by atoms with E-state index in [4.69, 9.17) is 0 Å². The van der Waals surface area contributed by atoms with Gasteiger partial charge in [0, 0.05) is 25.4 Å². The molecule has 1 aliphatic carbocycles. The summed E-state index contributed by atoms with van der Waals surface area (Å²) in [7, 11) is 0. The first-order chi connectivity index (χ1) is 10.7. The van der Waals surface area contributed by atoms with Gasteiger partial charge in [-0.25, -0.2) is 0 Å².